The van der Waals surface area contributed by atoms with Crippen LogP contribution in [0.1, 0.15) is 83.0 Å². The van der Waals surface area contributed by atoms with E-state index in [9.17, 15) is 19.5 Å². The van der Waals surface area contributed by atoms with Gasteiger partial charge in [-0.3, -0.25) is 0 Å². The Hall–Kier alpha value is -4.31. The number of ether oxygens (including phenoxy) is 2. The first-order valence-corrected chi connectivity index (χ1v) is 14.3. The number of hydrogen-bond donors (Lipinski definition) is 2. The molecule has 2 N–H and O–H groups in total. The Labute approximate surface area is 251 Å². The first kappa shape index (κ1) is 31.6. The van der Waals surface area contributed by atoms with Gasteiger partial charge in [-0.05, 0) is 70.7 Å². The van der Waals surface area contributed by atoms with Gasteiger partial charge in [0.2, 0.25) is 0 Å². The first-order valence-electron chi connectivity index (χ1n) is 14.3. The van der Waals surface area contributed by atoms with Crippen LogP contribution in [0.2, 0.25) is 0 Å². The van der Waals surface area contributed by atoms with Crippen molar-refractivity contribution >= 4 is 11.9 Å². The van der Waals surface area contributed by atoms with Crippen molar-refractivity contribution < 1.29 is 33.0 Å². The quantitative estimate of drug-likeness (QED) is 0.300. The molecule has 3 aromatic rings. The van der Waals surface area contributed by atoms with E-state index in [1.165, 1.54) is 6.92 Å². The lowest BCUT2D eigenvalue weighted by Crippen LogP contribution is -2.51. The minimum atomic E-state index is -1.42. The Morgan fingerprint density at radius 2 is 1.65 bits per heavy atom. The van der Waals surface area contributed by atoms with Crippen LogP contribution in [-0.2, 0) is 16.1 Å². The van der Waals surface area contributed by atoms with E-state index in [2.05, 4.69) is 5.32 Å². The number of carbonyl (C=O) groups is 2. The zero-order chi connectivity index (χ0) is 31.7. The highest BCUT2D eigenvalue weighted by atomic mass is 16.7. The van der Waals surface area contributed by atoms with Crippen LogP contribution in [0, 0.1) is 6.92 Å². The topological polar surface area (TPSA) is 131 Å². The van der Waals surface area contributed by atoms with E-state index in [4.69, 9.17) is 18.3 Å². The molecule has 1 aromatic heterocycles. The molecule has 2 aromatic carbocycles. The van der Waals surface area contributed by atoms with Crippen LogP contribution in [-0.4, -0.2) is 38.8 Å². The third-order valence-electron chi connectivity index (χ3n) is 7.08. The smallest absolute Gasteiger partial charge is 0.456 e. The lowest BCUT2D eigenvalue weighted by molar-refractivity contribution is -0.134. The van der Waals surface area contributed by atoms with Crippen molar-refractivity contribution in [2.75, 3.05) is 0 Å². The maximum absolute atomic E-state index is 13.6. The molecule has 1 atom stereocenters. The van der Waals surface area contributed by atoms with Crippen LogP contribution < -0.4 is 15.9 Å². The standard InChI is InChI=1S/C33H40N2O8/c1-9-18-33(8)34-26(32(6,7)39)25(28(37)41-29-20(2)40-30(38)42-29)35(33)19-21-14-16-22(17-15-21)23-12-10-11-13-24(23)27(36)43-31(3,4)5/h10-17,34,39H,9,18-19H2,1-8H3. The number of aliphatic hydroxyl groups is 1. The molecule has 10 heteroatoms. The van der Waals surface area contributed by atoms with Crippen molar-refractivity contribution in [2.24, 2.45) is 0 Å². The number of nitrogens with zero attached hydrogens (tertiary/aromatic N) is 1. The third kappa shape index (κ3) is 7.02. The van der Waals surface area contributed by atoms with E-state index in [0.717, 1.165) is 23.1 Å². The highest BCUT2D eigenvalue weighted by molar-refractivity contribution is 5.97. The van der Waals surface area contributed by atoms with Gasteiger partial charge in [-0.2, -0.15) is 0 Å². The highest BCUT2D eigenvalue weighted by Crippen LogP contribution is 2.38. The molecule has 230 valence electrons. The fourth-order valence-corrected chi connectivity index (χ4v) is 5.15. The predicted molar refractivity (Wildman–Crippen MR) is 160 cm³/mol. The monoisotopic (exact) mass is 592 g/mol. The van der Waals surface area contributed by atoms with E-state index >= 15 is 0 Å². The summed E-state index contributed by atoms with van der Waals surface area (Å²) in [5, 5.41) is 14.4. The first-order chi connectivity index (χ1) is 20.0. The summed E-state index contributed by atoms with van der Waals surface area (Å²) in [6, 6.07) is 15.0. The highest BCUT2D eigenvalue weighted by Gasteiger charge is 2.48. The molecule has 0 spiro atoms. The summed E-state index contributed by atoms with van der Waals surface area (Å²) in [4.78, 5) is 40.0. The summed E-state index contributed by atoms with van der Waals surface area (Å²) in [5.41, 5.74) is 0.534. The van der Waals surface area contributed by atoms with E-state index in [1.807, 2.05) is 75.9 Å². The summed E-state index contributed by atoms with van der Waals surface area (Å²) >= 11 is 0. The van der Waals surface area contributed by atoms with Crippen LogP contribution >= 0.6 is 0 Å². The molecule has 0 bridgehead atoms. The Balaban J connectivity index is 1.69. The molecule has 0 aliphatic carbocycles. The molecule has 4 rings (SSSR count). The normalized spacial score (nSPS) is 17.2. The Morgan fingerprint density at radius 3 is 2.21 bits per heavy atom. The second kappa shape index (κ2) is 11.8. The van der Waals surface area contributed by atoms with Crippen LogP contribution in [0.3, 0.4) is 0 Å². The van der Waals surface area contributed by atoms with E-state index < -0.39 is 34.6 Å². The van der Waals surface area contributed by atoms with Crippen molar-refractivity contribution in [3.8, 4) is 17.1 Å². The maximum Gasteiger partial charge on any atom is 0.521 e. The van der Waals surface area contributed by atoms with Gasteiger partial charge >= 0.3 is 23.7 Å². The lowest BCUT2D eigenvalue weighted by Gasteiger charge is -2.38. The van der Waals surface area contributed by atoms with Crippen molar-refractivity contribution in [1.82, 2.24) is 10.2 Å². The molecule has 0 amide bonds. The summed E-state index contributed by atoms with van der Waals surface area (Å²) in [6.07, 6.45) is 1.43. The van der Waals surface area contributed by atoms with Crippen LogP contribution in [0.25, 0.3) is 11.1 Å². The second-order valence-corrected chi connectivity index (χ2v) is 12.4. The predicted octanol–water partition coefficient (Wildman–Crippen LogP) is 5.67. The van der Waals surface area contributed by atoms with Gasteiger partial charge in [0.1, 0.15) is 22.6 Å². The van der Waals surface area contributed by atoms with Gasteiger partial charge in [0.15, 0.2) is 5.76 Å². The number of esters is 2. The summed E-state index contributed by atoms with van der Waals surface area (Å²) < 4.78 is 20.8. The molecular formula is C33H40N2O8. The summed E-state index contributed by atoms with van der Waals surface area (Å²) in [5.74, 6) is -2.50. The Kier molecular flexibility index (Phi) is 8.65. The van der Waals surface area contributed by atoms with Gasteiger partial charge in [-0.25, -0.2) is 14.4 Å². The van der Waals surface area contributed by atoms with Crippen LogP contribution in [0.5, 0.6) is 5.95 Å². The van der Waals surface area contributed by atoms with Crippen LogP contribution in [0.4, 0.5) is 0 Å². The Bertz CT molecular complexity index is 1580. The summed E-state index contributed by atoms with van der Waals surface area (Å²) in [7, 11) is 0. The zero-order valence-electron chi connectivity index (χ0n) is 26.0. The van der Waals surface area contributed by atoms with Crippen molar-refractivity contribution in [3.63, 3.8) is 0 Å². The minimum absolute atomic E-state index is 0.0276. The summed E-state index contributed by atoms with van der Waals surface area (Å²) in [6.45, 7) is 14.4. The Morgan fingerprint density at radius 1 is 1.00 bits per heavy atom. The molecule has 0 saturated heterocycles. The number of benzene rings is 2. The number of aryl methyl sites for hydroxylation is 1. The fraction of sp³-hybridized carbons (Fsp3) is 0.424. The van der Waals surface area contributed by atoms with Gasteiger partial charge in [0.05, 0.1) is 11.3 Å². The van der Waals surface area contributed by atoms with Gasteiger partial charge in [0, 0.05) is 13.5 Å². The van der Waals surface area contributed by atoms with Gasteiger partial charge in [0.25, 0.3) is 0 Å². The number of nitrogens with one attached hydrogen (secondary N) is 1. The minimum Gasteiger partial charge on any atom is -0.456 e. The third-order valence-corrected chi connectivity index (χ3v) is 7.08. The number of carbonyl (C=O) groups excluding carboxylic acids is 2. The molecule has 0 saturated carbocycles. The zero-order valence-corrected chi connectivity index (χ0v) is 26.0. The van der Waals surface area contributed by atoms with Gasteiger partial charge < -0.3 is 33.6 Å². The van der Waals surface area contributed by atoms with E-state index in [-0.39, 0.29) is 23.9 Å². The SMILES string of the molecule is CCCC1(C)NC(C(C)(C)O)=C(C(=O)Oc2oc(=O)oc2C)N1Cc1ccc(-c2ccccc2C(=O)OC(C)(C)C)cc1. The molecule has 1 aliphatic heterocycles. The van der Waals surface area contributed by atoms with Gasteiger partial charge in [-0.15, -0.1) is 0 Å². The van der Waals surface area contributed by atoms with Crippen molar-refractivity contribution in [3.05, 3.63) is 87.4 Å². The van der Waals surface area contributed by atoms with E-state index in [0.29, 0.717) is 17.7 Å². The molecule has 43 heavy (non-hydrogen) atoms. The molecule has 10 nitrogen and oxygen atoms in total. The average molecular weight is 593 g/mol. The van der Waals surface area contributed by atoms with E-state index in [1.54, 1.807) is 26.0 Å². The fourth-order valence-electron chi connectivity index (χ4n) is 5.15. The molecule has 2 heterocycles. The molecule has 1 unspecified atom stereocenters. The van der Waals surface area contributed by atoms with Crippen LogP contribution in [0.15, 0.2) is 73.6 Å². The largest absolute Gasteiger partial charge is 0.521 e. The molecule has 0 radical (unpaired) electrons. The number of rotatable bonds is 9. The second-order valence-electron chi connectivity index (χ2n) is 12.4. The molecule has 1 aliphatic rings. The maximum atomic E-state index is 13.6. The molecule has 0 fully saturated rings. The van der Waals surface area contributed by atoms with Crippen molar-refractivity contribution in [1.29, 1.82) is 0 Å². The van der Waals surface area contributed by atoms with Gasteiger partial charge in [-0.1, -0.05) is 55.8 Å². The molecular weight excluding hydrogens is 552 g/mol. The van der Waals surface area contributed by atoms with Crippen molar-refractivity contribution in [2.45, 2.75) is 91.6 Å². The average Bonchev–Trinajstić information content (AvgIpc) is 3.38. The number of hydrogen-bond acceptors (Lipinski definition) is 10. The lowest BCUT2D eigenvalue weighted by atomic mass is 9.98.